The van der Waals surface area contributed by atoms with Crippen molar-refractivity contribution in [3.05, 3.63) is 23.8 Å². The highest BCUT2D eigenvalue weighted by Gasteiger charge is 2.20. The zero-order valence-corrected chi connectivity index (χ0v) is 18.0. The summed E-state index contributed by atoms with van der Waals surface area (Å²) in [5.74, 6) is 0.847. The fourth-order valence-corrected chi connectivity index (χ4v) is 2.85. The third-order valence-electron chi connectivity index (χ3n) is 4.56. The first kappa shape index (κ1) is 24.0. The quantitative estimate of drug-likeness (QED) is 0.447. The first-order valence-corrected chi connectivity index (χ1v) is 10.7. The molecule has 1 atom stereocenters. The predicted molar refractivity (Wildman–Crippen MR) is 113 cm³/mol. The van der Waals surface area contributed by atoms with Gasteiger partial charge in [-0.25, -0.2) is 0 Å². The summed E-state index contributed by atoms with van der Waals surface area (Å²) < 4.78 is 22.0. The van der Waals surface area contributed by atoms with Crippen molar-refractivity contribution < 1.29 is 28.5 Å². The molecule has 0 radical (unpaired) electrons. The maximum atomic E-state index is 12.3. The Kier molecular flexibility index (Phi) is 11.0. The molecule has 8 heteroatoms. The van der Waals surface area contributed by atoms with Crippen LogP contribution in [0.2, 0.25) is 0 Å². The van der Waals surface area contributed by atoms with Crippen LogP contribution in [0.5, 0.6) is 11.5 Å². The Morgan fingerprint density at radius 1 is 0.967 bits per heavy atom. The molecule has 0 saturated heterocycles. The molecule has 1 heterocycles. The first-order valence-electron chi connectivity index (χ1n) is 10.7. The molecule has 1 aliphatic rings. The number of fused-ring (bicyclic) bond motifs is 1. The average molecular weight is 423 g/mol. The van der Waals surface area contributed by atoms with E-state index in [1.54, 1.807) is 0 Å². The number of carbonyl (C=O) groups excluding carboxylic acids is 2. The van der Waals surface area contributed by atoms with Crippen molar-refractivity contribution in [2.75, 3.05) is 46.2 Å². The second-order valence-electron chi connectivity index (χ2n) is 7.14. The second kappa shape index (κ2) is 13.8. The molecule has 2 rings (SSSR count). The number of benzene rings is 1. The molecule has 8 nitrogen and oxygen atoms in total. The van der Waals surface area contributed by atoms with Crippen molar-refractivity contribution in [2.45, 2.75) is 45.6 Å². The van der Waals surface area contributed by atoms with Gasteiger partial charge in [-0.2, -0.15) is 0 Å². The second-order valence-corrected chi connectivity index (χ2v) is 7.14. The van der Waals surface area contributed by atoms with Crippen molar-refractivity contribution in [2.24, 2.45) is 0 Å². The van der Waals surface area contributed by atoms with Crippen molar-refractivity contribution in [3.8, 4) is 11.5 Å². The molecule has 2 N–H and O–H groups in total. The van der Waals surface area contributed by atoms with Crippen LogP contribution in [0.4, 0.5) is 0 Å². The topological polar surface area (TPSA) is 95.1 Å². The highest BCUT2D eigenvalue weighted by Crippen LogP contribution is 2.32. The number of carbonyl (C=O) groups is 2. The summed E-state index contributed by atoms with van der Waals surface area (Å²) >= 11 is 0. The van der Waals surface area contributed by atoms with E-state index in [0.717, 1.165) is 31.2 Å². The number of hydrogen-bond donors (Lipinski definition) is 2. The monoisotopic (exact) mass is 422 g/mol. The lowest BCUT2D eigenvalue weighted by Gasteiger charge is -2.23. The molecule has 0 aliphatic carbocycles. The van der Waals surface area contributed by atoms with Gasteiger partial charge in [0.15, 0.2) is 11.5 Å². The number of nitrogens with one attached hydrogen (secondary N) is 2. The van der Waals surface area contributed by atoms with Crippen LogP contribution < -0.4 is 20.1 Å². The van der Waals surface area contributed by atoms with Crippen molar-refractivity contribution in [1.82, 2.24) is 10.6 Å². The normalized spacial score (nSPS) is 13.5. The van der Waals surface area contributed by atoms with Crippen molar-refractivity contribution in [3.63, 3.8) is 0 Å². The van der Waals surface area contributed by atoms with Crippen LogP contribution in [-0.2, 0) is 19.1 Å². The molecule has 0 spiro atoms. The van der Waals surface area contributed by atoms with Gasteiger partial charge in [-0.1, -0.05) is 32.8 Å². The molecule has 1 aromatic rings. The minimum Gasteiger partial charge on any atom is -0.486 e. The summed E-state index contributed by atoms with van der Waals surface area (Å²) in [4.78, 5) is 24.4. The van der Waals surface area contributed by atoms with Gasteiger partial charge < -0.3 is 29.6 Å². The Bertz CT molecular complexity index is 667. The molecule has 1 aliphatic heterocycles. The van der Waals surface area contributed by atoms with Gasteiger partial charge in [0.1, 0.15) is 26.4 Å². The minimum atomic E-state index is -0.428. The maximum absolute atomic E-state index is 12.3. The number of hydrogen-bond acceptors (Lipinski definition) is 6. The third kappa shape index (κ3) is 8.59. The van der Waals surface area contributed by atoms with E-state index >= 15 is 0 Å². The maximum Gasteiger partial charge on any atom is 0.246 e. The predicted octanol–water partition coefficient (Wildman–Crippen LogP) is 2.36. The summed E-state index contributed by atoms with van der Waals surface area (Å²) in [6.07, 6.45) is 3.85. The Balaban J connectivity index is 1.95. The van der Waals surface area contributed by atoms with Crippen LogP contribution >= 0.6 is 0 Å². The zero-order valence-electron chi connectivity index (χ0n) is 18.0. The largest absolute Gasteiger partial charge is 0.486 e. The Labute approximate surface area is 178 Å². The van der Waals surface area contributed by atoms with Gasteiger partial charge in [-0.3, -0.25) is 9.59 Å². The lowest BCUT2D eigenvalue weighted by atomic mass is 10.1. The molecule has 2 amide bonds. The van der Waals surface area contributed by atoms with Crippen molar-refractivity contribution in [1.29, 1.82) is 0 Å². The van der Waals surface area contributed by atoms with Gasteiger partial charge in [0.2, 0.25) is 11.8 Å². The standard InChI is InChI=1S/C22H34N2O6/c1-3-5-9-27-15-21(25)23-14-18(24-22(26)16-28-10-6-4-2)17-7-8-19-20(13-17)30-12-11-29-19/h7-8,13,18H,3-6,9-12,14-16H2,1-2H3,(H,23,25)(H,24,26)/t18-/m0/s1. The zero-order chi connectivity index (χ0) is 21.6. The van der Waals surface area contributed by atoms with Crippen LogP contribution in [0.3, 0.4) is 0 Å². The Hall–Kier alpha value is -2.32. The molecular weight excluding hydrogens is 388 g/mol. The van der Waals surface area contributed by atoms with Crippen LogP contribution in [-0.4, -0.2) is 58.0 Å². The summed E-state index contributed by atoms with van der Waals surface area (Å²) in [5.41, 5.74) is 0.813. The number of ether oxygens (including phenoxy) is 4. The molecule has 1 aromatic carbocycles. The third-order valence-corrected chi connectivity index (χ3v) is 4.56. The highest BCUT2D eigenvalue weighted by atomic mass is 16.6. The molecule has 168 valence electrons. The van der Waals surface area contributed by atoms with E-state index in [9.17, 15) is 9.59 Å². The van der Waals surface area contributed by atoms with Crippen LogP contribution in [0.1, 0.15) is 51.1 Å². The average Bonchev–Trinajstić information content (AvgIpc) is 2.77. The summed E-state index contributed by atoms with van der Waals surface area (Å²) in [6.45, 7) is 6.44. The smallest absolute Gasteiger partial charge is 0.246 e. The van der Waals surface area contributed by atoms with E-state index in [-0.39, 0.29) is 31.6 Å². The molecule has 0 bridgehead atoms. The van der Waals surface area contributed by atoms with E-state index in [1.165, 1.54) is 0 Å². The molecular formula is C22H34N2O6. The van der Waals surface area contributed by atoms with E-state index < -0.39 is 6.04 Å². The van der Waals surface area contributed by atoms with E-state index in [1.807, 2.05) is 18.2 Å². The van der Waals surface area contributed by atoms with Gasteiger partial charge in [-0.05, 0) is 30.5 Å². The molecule has 30 heavy (non-hydrogen) atoms. The lowest BCUT2D eigenvalue weighted by Crippen LogP contribution is -2.40. The van der Waals surface area contributed by atoms with Gasteiger partial charge in [0, 0.05) is 19.8 Å². The Morgan fingerprint density at radius 2 is 1.60 bits per heavy atom. The van der Waals surface area contributed by atoms with Crippen LogP contribution in [0.15, 0.2) is 18.2 Å². The van der Waals surface area contributed by atoms with Gasteiger partial charge in [0.25, 0.3) is 0 Å². The SMILES string of the molecule is CCCCOCC(=O)NC[C@H](NC(=O)COCCCC)c1ccc2c(c1)OCCO2. The highest BCUT2D eigenvalue weighted by molar-refractivity contribution is 5.79. The molecule has 0 unspecified atom stereocenters. The molecule has 0 aromatic heterocycles. The summed E-state index contributed by atoms with van der Waals surface area (Å²) in [6, 6.07) is 5.08. The lowest BCUT2D eigenvalue weighted by molar-refractivity contribution is -0.128. The van der Waals surface area contributed by atoms with Gasteiger partial charge in [0.05, 0.1) is 6.04 Å². The van der Waals surface area contributed by atoms with E-state index in [4.69, 9.17) is 18.9 Å². The van der Waals surface area contributed by atoms with E-state index in [0.29, 0.717) is 37.9 Å². The van der Waals surface area contributed by atoms with Gasteiger partial charge >= 0.3 is 0 Å². The van der Waals surface area contributed by atoms with Crippen molar-refractivity contribution >= 4 is 11.8 Å². The fourth-order valence-electron chi connectivity index (χ4n) is 2.85. The molecule has 0 saturated carbocycles. The van der Waals surface area contributed by atoms with Crippen LogP contribution in [0, 0.1) is 0 Å². The van der Waals surface area contributed by atoms with E-state index in [2.05, 4.69) is 24.5 Å². The number of amides is 2. The molecule has 0 fully saturated rings. The Morgan fingerprint density at radius 3 is 2.27 bits per heavy atom. The fraction of sp³-hybridized carbons (Fsp3) is 0.636. The number of unbranched alkanes of at least 4 members (excludes halogenated alkanes) is 2. The minimum absolute atomic E-state index is 0.00192. The van der Waals surface area contributed by atoms with Crippen LogP contribution in [0.25, 0.3) is 0 Å². The number of rotatable bonds is 14. The first-order chi connectivity index (χ1) is 14.6. The summed E-state index contributed by atoms with van der Waals surface area (Å²) in [7, 11) is 0. The summed E-state index contributed by atoms with van der Waals surface area (Å²) in [5, 5.41) is 5.76. The van der Waals surface area contributed by atoms with Gasteiger partial charge in [-0.15, -0.1) is 0 Å².